The van der Waals surface area contributed by atoms with Gasteiger partial charge in [0, 0.05) is 38.0 Å². The van der Waals surface area contributed by atoms with E-state index in [9.17, 15) is 26.8 Å². The lowest BCUT2D eigenvalue weighted by molar-refractivity contribution is -0.130. The number of ketones is 1. The monoisotopic (exact) mass is 612 g/mol. The molecule has 0 radical (unpaired) electrons. The third-order valence-corrected chi connectivity index (χ3v) is 10.8. The van der Waals surface area contributed by atoms with Crippen LogP contribution in [0.5, 0.6) is 0 Å². The molecule has 5 rings (SSSR count). The molecule has 3 aliphatic rings. The van der Waals surface area contributed by atoms with Crippen LogP contribution in [0.15, 0.2) is 71.1 Å². The summed E-state index contributed by atoms with van der Waals surface area (Å²) in [7, 11) is -3.23. The Labute approximate surface area is 253 Å². The highest BCUT2D eigenvalue weighted by atomic mass is 32.2. The van der Waals surface area contributed by atoms with Gasteiger partial charge in [-0.15, -0.1) is 0 Å². The molecule has 2 aliphatic carbocycles. The van der Waals surface area contributed by atoms with Crippen LogP contribution < -0.4 is 5.32 Å². The van der Waals surface area contributed by atoms with Gasteiger partial charge < -0.3 is 10.2 Å². The van der Waals surface area contributed by atoms with E-state index in [-0.39, 0.29) is 54.7 Å². The Bertz CT molecular complexity index is 1420. The molecule has 6 nitrogen and oxygen atoms in total. The number of alkyl halides is 2. The van der Waals surface area contributed by atoms with Gasteiger partial charge in [-0.3, -0.25) is 9.59 Å². The van der Waals surface area contributed by atoms with Crippen LogP contribution in [-0.4, -0.2) is 56.8 Å². The van der Waals surface area contributed by atoms with E-state index in [2.05, 4.69) is 10.2 Å². The Morgan fingerprint density at radius 1 is 1.00 bits per heavy atom. The molecule has 2 aromatic rings. The fourth-order valence-corrected chi connectivity index (χ4v) is 7.47. The molecular formula is C34H42F2N2O4S. The third-order valence-electron chi connectivity index (χ3n) is 9.65. The maximum absolute atomic E-state index is 13.6. The van der Waals surface area contributed by atoms with Crippen LogP contribution in [0.1, 0.15) is 75.0 Å². The van der Waals surface area contributed by atoms with Gasteiger partial charge in [-0.25, -0.2) is 17.2 Å². The quantitative estimate of drug-likeness (QED) is 0.347. The largest absolute Gasteiger partial charge is 0.349 e. The summed E-state index contributed by atoms with van der Waals surface area (Å²) >= 11 is 0. The minimum absolute atomic E-state index is 0.00431. The summed E-state index contributed by atoms with van der Waals surface area (Å²) in [6.45, 7) is 2.58. The summed E-state index contributed by atoms with van der Waals surface area (Å²) in [6, 6.07) is 16.5. The van der Waals surface area contributed by atoms with E-state index in [1.807, 2.05) is 36.4 Å². The van der Waals surface area contributed by atoms with Gasteiger partial charge in [0.2, 0.25) is 11.8 Å². The molecule has 2 saturated carbocycles. The topological polar surface area (TPSA) is 83.6 Å². The summed E-state index contributed by atoms with van der Waals surface area (Å²) in [6.07, 6.45) is 7.76. The number of halogens is 2. The minimum atomic E-state index is -3.23. The molecule has 0 aromatic heterocycles. The maximum atomic E-state index is 13.6. The standard InChI is InChI=1S/C34H42F2N2O4S/c1-43(41,42)29-11-8-25(9-12-29)7-10-28-23-33(24-31(28)39)18-21-38(22-19-33)20-15-30(26-5-3-2-4-6-26)37-32(40)27-13-16-34(35,36)17-14-27/h2-6,8-12,27,30H,7,13-24H2,1H3,(H,37,40)/b28-10-/t30-/m0/s1. The zero-order valence-electron chi connectivity index (χ0n) is 24.9. The van der Waals surface area contributed by atoms with Crippen molar-refractivity contribution in [2.75, 3.05) is 25.9 Å². The molecule has 1 spiro atoms. The molecule has 1 atom stereocenters. The number of carbonyl (C=O) groups excluding carboxylic acids is 2. The van der Waals surface area contributed by atoms with E-state index in [1.54, 1.807) is 24.3 Å². The molecule has 1 saturated heterocycles. The fraction of sp³-hybridized carbons (Fsp3) is 0.529. The maximum Gasteiger partial charge on any atom is 0.248 e. The van der Waals surface area contributed by atoms with E-state index in [1.165, 1.54) is 6.26 Å². The molecule has 43 heavy (non-hydrogen) atoms. The number of carbonyl (C=O) groups is 2. The predicted molar refractivity (Wildman–Crippen MR) is 163 cm³/mol. The van der Waals surface area contributed by atoms with Gasteiger partial charge in [-0.1, -0.05) is 48.5 Å². The summed E-state index contributed by atoms with van der Waals surface area (Å²) in [5.41, 5.74) is 2.88. The highest BCUT2D eigenvalue weighted by molar-refractivity contribution is 7.90. The van der Waals surface area contributed by atoms with Crippen molar-refractivity contribution in [3.8, 4) is 0 Å². The third kappa shape index (κ3) is 8.18. The van der Waals surface area contributed by atoms with Crippen LogP contribution in [0.2, 0.25) is 0 Å². The van der Waals surface area contributed by atoms with Crippen LogP contribution in [-0.2, 0) is 25.8 Å². The zero-order chi connectivity index (χ0) is 30.7. The summed E-state index contributed by atoms with van der Waals surface area (Å²) in [4.78, 5) is 28.7. The number of benzene rings is 2. The van der Waals surface area contributed by atoms with E-state index in [4.69, 9.17) is 0 Å². The first-order valence-corrected chi connectivity index (χ1v) is 17.3. The number of allylic oxidation sites excluding steroid dienone is 2. The summed E-state index contributed by atoms with van der Waals surface area (Å²) in [5.74, 6) is -2.93. The van der Waals surface area contributed by atoms with Crippen LogP contribution in [0.25, 0.3) is 0 Å². The first-order valence-electron chi connectivity index (χ1n) is 15.4. The Morgan fingerprint density at radius 2 is 1.65 bits per heavy atom. The van der Waals surface area contributed by atoms with Crippen molar-refractivity contribution in [3.05, 3.63) is 77.4 Å². The molecule has 0 bridgehead atoms. The van der Waals surface area contributed by atoms with Gasteiger partial charge in [-0.2, -0.15) is 0 Å². The predicted octanol–water partition coefficient (Wildman–Crippen LogP) is 6.08. The van der Waals surface area contributed by atoms with E-state index in [0.717, 1.165) is 62.0 Å². The lowest BCUT2D eigenvalue weighted by Gasteiger charge is -2.39. The Hall–Kier alpha value is -2.91. The Morgan fingerprint density at radius 3 is 2.28 bits per heavy atom. The second kappa shape index (κ2) is 13.0. The second-order valence-electron chi connectivity index (χ2n) is 12.9. The molecule has 1 amide bonds. The van der Waals surface area contributed by atoms with Crippen molar-refractivity contribution in [2.45, 2.75) is 81.1 Å². The van der Waals surface area contributed by atoms with Gasteiger partial charge >= 0.3 is 0 Å². The van der Waals surface area contributed by atoms with Gasteiger partial charge in [0.15, 0.2) is 15.6 Å². The molecule has 3 fully saturated rings. The number of amides is 1. The Balaban J connectivity index is 1.13. The Kier molecular flexibility index (Phi) is 9.52. The van der Waals surface area contributed by atoms with Gasteiger partial charge in [0.05, 0.1) is 10.9 Å². The first kappa shape index (κ1) is 31.5. The molecule has 1 aliphatic heterocycles. The molecule has 1 heterocycles. The van der Waals surface area contributed by atoms with Crippen molar-refractivity contribution < 1.29 is 26.8 Å². The van der Waals surface area contributed by atoms with Gasteiger partial charge in [0.1, 0.15) is 0 Å². The highest BCUT2D eigenvalue weighted by Crippen LogP contribution is 2.47. The normalized spacial score (nSPS) is 22.6. The number of likely N-dealkylation sites (tertiary alicyclic amines) is 1. The number of nitrogens with zero attached hydrogens (tertiary/aromatic N) is 1. The lowest BCUT2D eigenvalue weighted by Crippen LogP contribution is -2.42. The van der Waals surface area contributed by atoms with E-state index < -0.39 is 15.8 Å². The number of Topliss-reactive ketones (excluding diaryl/α,β-unsaturated/α-hetero) is 1. The lowest BCUT2D eigenvalue weighted by atomic mass is 9.76. The SMILES string of the molecule is CS(=O)(=O)c1ccc(C/C=C2/CC3(CCN(CC[C@H](NC(=O)C4CCC(F)(F)CC4)c4ccccc4)CC3)CC2=O)cc1. The number of hydrogen-bond donors (Lipinski definition) is 1. The molecule has 2 aromatic carbocycles. The van der Waals surface area contributed by atoms with E-state index >= 15 is 0 Å². The second-order valence-corrected chi connectivity index (χ2v) is 14.9. The van der Waals surface area contributed by atoms with Crippen LogP contribution in [0, 0.1) is 11.3 Å². The number of nitrogens with one attached hydrogen (secondary N) is 1. The average Bonchev–Trinajstić information content (AvgIpc) is 3.29. The van der Waals surface area contributed by atoms with Crippen molar-refractivity contribution in [3.63, 3.8) is 0 Å². The number of sulfone groups is 1. The summed E-state index contributed by atoms with van der Waals surface area (Å²) < 4.78 is 50.7. The number of rotatable bonds is 9. The van der Waals surface area contributed by atoms with Crippen LogP contribution in [0.3, 0.4) is 0 Å². The average molecular weight is 613 g/mol. The molecule has 232 valence electrons. The van der Waals surface area contributed by atoms with Crippen molar-refractivity contribution >= 4 is 21.5 Å². The fourth-order valence-electron chi connectivity index (χ4n) is 6.83. The van der Waals surface area contributed by atoms with Crippen molar-refractivity contribution in [2.24, 2.45) is 11.3 Å². The smallest absolute Gasteiger partial charge is 0.248 e. The first-order chi connectivity index (χ1) is 20.4. The minimum Gasteiger partial charge on any atom is -0.349 e. The molecule has 0 unspecified atom stereocenters. The van der Waals surface area contributed by atoms with Crippen LogP contribution in [0.4, 0.5) is 8.78 Å². The van der Waals surface area contributed by atoms with Gasteiger partial charge in [-0.05, 0) is 92.3 Å². The van der Waals surface area contributed by atoms with Crippen molar-refractivity contribution in [1.29, 1.82) is 0 Å². The number of hydrogen-bond acceptors (Lipinski definition) is 5. The highest BCUT2D eigenvalue weighted by Gasteiger charge is 2.43. The molecule has 9 heteroatoms. The summed E-state index contributed by atoms with van der Waals surface area (Å²) in [5, 5.41) is 3.18. The van der Waals surface area contributed by atoms with Gasteiger partial charge in [0.25, 0.3) is 0 Å². The van der Waals surface area contributed by atoms with E-state index in [0.29, 0.717) is 17.7 Å². The zero-order valence-corrected chi connectivity index (χ0v) is 25.7. The molecule has 1 N–H and O–H groups in total. The number of piperidine rings is 1. The van der Waals surface area contributed by atoms with Crippen molar-refractivity contribution in [1.82, 2.24) is 10.2 Å². The molecular weight excluding hydrogens is 570 g/mol. The van der Waals surface area contributed by atoms with Crippen LogP contribution >= 0.6 is 0 Å².